The number of guanidine groups is 1. The molecule has 0 radical (unpaired) electrons. The van der Waals surface area contributed by atoms with Crippen LogP contribution in [0.2, 0.25) is 0 Å². The quantitative estimate of drug-likeness (QED) is 0.649. The molecule has 0 spiro atoms. The molecule has 0 aliphatic carbocycles. The fourth-order valence-electron chi connectivity index (χ4n) is 1.72. The number of hydrogen-bond donors (Lipinski definition) is 2. The lowest BCUT2D eigenvalue weighted by atomic mass is 10.1. The van der Waals surface area contributed by atoms with E-state index in [-0.39, 0.29) is 0 Å². The number of hydrogen-bond acceptors (Lipinski definition) is 2. The Morgan fingerprint density at radius 2 is 2.05 bits per heavy atom. The summed E-state index contributed by atoms with van der Waals surface area (Å²) in [5.41, 5.74) is 8.98. The van der Waals surface area contributed by atoms with Crippen molar-refractivity contribution < 1.29 is 0 Å². The monoisotopic (exact) mass is 257 g/mol. The van der Waals surface area contributed by atoms with Gasteiger partial charge in [0.2, 0.25) is 0 Å². The molecule has 5 heteroatoms. The maximum atomic E-state index is 5.84. The number of nitrogens with one attached hydrogen (secondary N) is 1. The fraction of sp³-hybridized carbons (Fsp3) is 0.286. The predicted octanol–water partition coefficient (Wildman–Crippen LogP) is 1.91. The van der Waals surface area contributed by atoms with E-state index in [2.05, 4.69) is 34.5 Å². The van der Waals surface area contributed by atoms with E-state index < -0.39 is 0 Å². The first kappa shape index (κ1) is 13.1. The van der Waals surface area contributed by atoms with E-state index in [1.165, 1.54) is 5.56 Å². The Kier molecular flexibility index (Phi) is 4.18. The molecule has 0 saturated carbocycles. The molecule has 1 aromatic heterocycles. The summed E-state index contributed by atoms with van der Waals surface area (Å²) in [4.78, 5) is 4.25. The Morgan fingerprint density at radius 1 is 1.32 bits per heavy atom. The second kappa shape index (κ2) is 6.04. The van der Waals surface area contributed by atoms with Gasteiger partial charge in [-0.05, 0) is 30.2 Å². The molecule has 0 unspecified atom stereocenters. The lowest BCUT2D eigenvalue weighted by Crippen LogP contribution is -2.22. The molecule has 100 valence electrons. The van der Waals surface area contributed by atoms with Crippen molar-refractivity contribution in [2.75, 3.05) is 5.32 Å². The summed E-state index contributed by atoms with van der Waals surface area (Å²) in [5, 5.41) is 7.30. The highest BCUT2D eigenvalue weighted by Crippen LogP contribution is 2.09. The first-order valence-electron chi connectivity index (χ1n) is 6.32. The van der Waals surface area contributed by atoms with Gasteiger partial charge in [0.05, 0.1) is 12.2 Å². The second-order valence-corrected chi connectivity index (χ2v) is 4.36. The van der Waals surface area contributed by atoms with Gasteiger partial charge in [0.1, 0.15) is 0 Å². The summed E-state index contributed by atoms with van der Waals surface area (Å²) in [7, 11) is 1.88. The van der Waals surface area contributed by atoms with Crippen molar-refractivity contribution in [3.8, 4) is 0 Å². The van der Waals surface area contributed by atoms with Gasteiger partial charge >= 0.3 is 0 Å². The van der Waals surface area contributed by atoms with Gasteiger partial charge in [-0.2, -0.15) is 5.10 Å². The van der Waals surface area contributed by atoms with Crippen molar-refractivity contribution in [2.24, 2.45) is 17.8 Å². The van der Waals surface area contributed by atoms with Gasteiger partial charge < -0.3 is 11.1 Å². The Bertz CT molecular complexity index is 553. The van der Waals surface area contributed by atoms with Crippen molar-refractivity contribution in [1.82, 2.24) is 9.78 Å². The molecule has 1 aromatic carbocycles. The zero-order chi connectivity index (χ0) is 13.7. The molecule has 0 amide bonds. The molecule has 3 N–H and O–H groups in total. The van der Waals surface area contributed by atoms with Gasteiger partial charge in [0.25, 0.3) is 0 Å². The van der Waals surface area contributed by atoms with Crippen LogP contribution in [-0.4, -0.2) is 15.7 Å². The van der Waals surface area contributed by atoms with Gasteiger partial charge in [-0.1, -0.05) is 19.1 Å². The van der Waals surface area contributed by atoms with E-state index in [1.807, 2.05) is 31.4 Å². The van der Waals surface area contributed by atoms with Crippen molar-refractivity contribution in [2.45, 2.75) is 19.9 Å². The third-order valence-corrected chi connectivity index (χ3v) is 2.81. The van der Waals surface area contributed by atoms with Crippen molar-refractivity contribution >= 4 is 11.6 Å². The molecule has 0 aliphatic rings. The number of aryl methyl sites for hydroxylation is 2. The fourth-order valence-corrected chi connectivity index (χ4v) is 1.72. The van der Waals surface area contributed by atoms with Crippen LogP contribution < -0.4 is 11.1 Å². The first-order chi connectivity index (χ1) is 9.17. The molecule has 1 heterocycles. The topological polar surface area (TPSA) is 68.2 Å². The van der Waals surface area contributed by atoms with Gasteiger partial charge in [-0.15, -0.1) is 0 Å². The summed E-state index contributed by atoms with van der Waals surface area (Å²) < 4.78 is 1.75. The highest BCUT2D eigenvalue weighted by Gasteiger charge is 1.98. The molecule has 19 heavy (non-hydrogen) atoms. The average Bonchev–Trinajstić information content (AvgIpc) is 2.83. The lowest BCUT2D eigenvalue weighted by Gasteiger charge is -2.06. The van der Waals surface area contributed by atoms with E-state index >= 15 is 0 Å². The van der Waals surface area contributed by atoms with Gasteiger partial charge in [0.15, 0.2) is 5.96 Å². The summed E-state index contributed by atoms with van der Waals surface area (Å²) >= 11 is 0. The number of aromatic nitrogens is 2. The van der Waals surface area contributed by atoms with Gasteiger partial charge in [-0.25, -0.2) is 4.99 Å². The van der Waals surface area contributed by atoms with E-state index in [1.54, 1.807) is 4.68 Å². The Labute approximate surface area is 113 Å². The molecular formula is C14H19N5. The minimum atomic E-state index is 0.398. The van der Waals surface area contributed by atoms with Crippen LogP contribution in [0.4, 0.5) is 5.69 Å². The zero-order valence-corrected chi connectivity index (χ0v) is 11.3. The molecule has 2 rings (SSSR count). The van der Waals surface area contributed by atoms with E-state index in [0.717, 1.165) is 17.8 Å². The standard InChI is InChI=1S/C14H19N5/c1-3-11-4-6-12(7-5-11)17-14(15)16-10-13-8-9-19(2)18-13/h4-9H,3,10H2,1-2H3,(H3,15,16,17). The van der Waals surface area contributed by atoms with E-state index in [9.17, 15) is 0 Å². The van der Waals surface area contributed by atoms with E-state index in [4.69, 9.17) is 5.73 Å². The molecule has 5 nitrogen and oxygen atoms in total. The average molecular weight is 257 g/mol. The lowest BCUT2D eigenvalue weighted by molar-refractivity contribution is 0.743. The van der Waals surface area contributed by atoms with Crippen LogP contribution in [0, 0.1) is 0 Å². The molecule has 0 atom stereocenters. The highest BCUT2D eigenvalue weighted by molar-refractivity contribution is 5.92. The highest BCUT2D eigenvalue weighted by atomic mass is 15.3. The largest absolute Gasteiger partial charge is 0.370 e. The molecular weight excluding hydrogens is 238 g/mol. The SMILES string of the molecule is CCc1ccc(NC(N)=NCc2ccn(C)n2)cc1. The predicted molar refractivity (Wildman–Crippen MR) is 78.0 cm³/mol. The zero-order valence-electron chi connectivity index (χ0n) is 11.3. The second-order valence-electron chi connectivity index (χ2n) is 4.36. The smallest absolute Gasteiger partial charge is 0.193 e. The number of rotatable bonds is 4. The molecule has 2 aromatic rings. The molecule has 0 saturated heterocycles. The minimum Gasteiger partial charge on any atom is -0.370 e. The molecule has 0 fully saturated rings. The van der Waals surface area contributed by atoms with Crippen LogP contribution in [0.3, 0.4) is 0 Å². The summed E-state index contributed by atoms with van der Waals surface area (Å²) in [5.74, 6) is 0.398. The van der Waals surface area contributed by atoms with Crippen LogP contribution in [-0.2, 0) is 20.0 Å². The number of anilines is 1. The van der Waals surface area contributed by atoms with Crippen molar-refractivity contribution in [3.05, 3.63) is 47.8 Å². The summed E-state index contributed by atoms with van der Waals surface area (Å²) in [6.45, 7) is 2.61. The normalized spacial score (nSPS) is 11.6. The Hall–Kier alpha value is -2.30. The number of nitrogens with zero attached hydrogens (tertiary/aromatic N) is 3. The summed E-state index contributed by atoms with van der Waals surface area (Å²) in [6.07, 6.45) is 2.92. The van der Waals surface area contributed by atoms with E-state index in [0.29, 0.717) is 12.5 Å². The first-order valence-corrected chi connectivity index (χ1v) is 6.32. The Balaban J connectivity index is 1.93. The van der Waals surface area contributed by atoms with Crippen LogP contribution in [0.15, 0.2) is 41.5 Å². The maximum Gasteiger partial charge on any atom is 0.193 e. The summed E-state index contributed by atoms with van der Waals surface area (Å²) in [6, 6.07) is 10.1. The van der Waals surface area contributed by atoms with Crippen LogP contribution >= 0.6 is 0 Å². The number of nitrogens with two attached hydrogens (primary N) is 1. The number of aliphatic imine (C=N–C) groups is 1. The number of benzene rings is 1. The Morgan fingerprint density at radius 3 is 2.63 bits per heavy atom. The maximum absolute atomic E-state index is 5.84. The van der Waals surface area contributed by atoms with Crippen LogP contribution in [0.5, 0.6) is 0 Å². The van der Waals surface area contributed by atoms with Gasteiger partial charge in [-0.3, -0.25) is 4.68 Å². The molecule has 0 aliphatic heterocycles. The third kappa shape index (κ3) is 3.84. The minimum absolute atomic E-state index is 0.398. The molecule has 0 bridgehead atoms. The van der Waals surface area contributed by atoms with Crippen molar-refractivity contribution in [3.63, 3.8) is 0 Å². The van der Waals surface area contributed by atoms with Gasteiger partial charge in [0, 0.05) is 18.9 Å². The van der Waals surface area contributed by atoms with Crippen LogP contribution in [0.25, 0.3) is 0 Å². The third-order valence-electron chi connectivity index (χ3n) is 2.81. The van der Waals surface area contributed by atoms with Crippen molar-refractivity contribution in [1.29, 1.82) is 0 Å². The van der Waals surface area contributed by atoms with Crippen LogP contribution in [0.1, 0.15) is 18.2 Å².